The maximum Gasteiger partial charge on any atom is 0.313 e. The average Bonchev–Trinajstić information content (AvgIpc) is 2.35. The molecule has 0 heterocycles. The van der Waals surface area contributed by atoms with E-state index in [1.54, 1.807) is 7.05 Å². The summed E-state index contributed by atoms with van der Waals surface area (Å²) in [6, 6.07) is 5.43. The molecule has 0 aromatic heterocycles. The molecular formula is C13H17FN2O2. The number of hydrogen-bond donors (Lipinski definition) is 1. The molecule has 5 heteroatoms. The molecule has 0 saturated carbocycles. The lowest BCUT2D eigenvalue weighted by atomic mass is 10.3. The van der Waals surface area contributed by atoms with Crippen LogP contribution in [0.3, 0.4) is 0 Å². The van der Waals surface area contributed by atoms with Gasteiger partial charge in [-0.3, -0.25) is 9.59 Å². The topological polar surface area (TPSA) is 49.4 Å². The van der Waals surface area contributed by atoms with Gasteiger partial charge in [-0.1, -0.05) is 19.4 Å². The van der Waals surface area contributed by atoms with Crippen LogP contribution in [0.25, 0.3) is 0 Å². The standard InChI is InChI=1S/C13H17FN2O2/c1-3-4-8-16(2)13(18)12(17)15-11-7-5-6-10(14)9-11/h5-7,9H,3-4,8H2,1-2H3,(H,15,17). The van der Waals surface area contributed by atoms with Crippen molar-refractivity contribution in [2.45, 2.75) is 19.8 Å². The Balaban J connectivity index is 2.57. The summed E-state index contributed by atoms with van der Waals surface area (Å²) in [5, 5.41) is 2.37. The van der Waals surface area contributed by atoms with Crippen LogP contribution in [0, 0.1) is 5.82 Å². The lowest BCUT2D eigenvalue weighted by molar-refractivity contribution is -0.142. The predicted octanol–water partition coefficient (Wildman–Crippen LogP) is 2.02. The fourth-order valence-electron chi connectivity index (χ4n) is 1.42. The molecule has 0 aliphatic rings. The van der Waals surface area contributed by atoms with Crippen molar-refractivity contribution < 1.29 is 14.0 Å². The van der Waals surface area contributed by atoms with Gasteiger partial charge in [-0.25, -0.2) is 4.39 Å². The zero-order valence-electron chi connectivity index (χ0n) is 10.6. The molecule has 98 valence electrons. The van der Waals surface area contributed by atoms with E-state index in [9.17, 15) is 14.0 Å². The molecule has 2 amide bonds. The summed E-state index contributed by atoms with van der Waals surface area (Å²) in [6.07, 6.45) is 1.79. The maximum absolute atomic E-state index is 12.9. The van der Waals surface area contributed by atoms with E-state index in [0.29, 0.717) is 6.54 Å². The first-order valence-electron chi connectivity index (χ1n) is 5.86. The highest BCUT2D eigenvalue weighted by atomic mass is 19.1. The smallest absolute Gasteiger partial charge is 0.313 e. The van der Waals surface area contributed by atoms with Crippen LogP contribution in [0.2, 0.25) is 0 Å². The van der Waals surface area contributed by atoms with E-state index in [0.717, 1.165) is 18.9 Å². The first-order chi connectivity index (χ1) is 8.54. The van der Waals surface area contributed by atoms with Gasteiger partial charge in [-0.05, 0) is 24.6 Å². The van der Waals surface area contributed by atoms with Crippen molar-refractivity contribution in [1.29, 1.82) is 0 Å². The number of nitrogens with zero attached hydrogens (tertiary/aromatic N) is 1. The van der Waals surface area contributed by atoms with Crippen LogP contribution in [0.1, 0.15) is 19.8 Å². The van der Waals surface area contributed by atoms with Gasteiger partial charge in [0.15, 0.2) is 0 Å². The number of amides is 2. The molecule has 0 spiro atoms. The van der Waals surface area contributed by atoms with E-state index >= 15 is 0 Å². The van der Waals surface area contributed by atoms with E-state index < -0.39 is 17.6 Å². The minimum Gasteiger partial charge on any atom is -0.338 e. The number of rotatable bonds is 4. The van der Waals surface area contributed by atoms with Gasteiger partial charge in [-0.2, -0.15) is 0 Å². The third-order valence-corrected chi connectivity index (χ3v) is 2.47. The molecule has 0 bridgehead atoms. The fourth-order valence-corrected chi connectivity index (χ4v) is 1.42. The van der Waals surface area contributed by atoms with Crippen LogP contribution < -0.4 is 5.32 Å². The maximum atomic E-state index is 12.9. The SMILES string of the molecule is CCCCN(C)C(=O)C(=O)Nc1cccc(F)c1. The Morgan fingerprint density at radius 2 is 2.11 bits per heavy atom. The van der Waals surface area contributed by atoms with Crippen molar-refractivity contribution >= 4 is 17.5 Å². The molecule has 0 aliphatic heterocycles. The van der Waals surface area contributed by atoms with E-state index in [1.165, 1.54) is 23.1 Å². The Morgan fingerprint density at radius 3 is 2.72 bits per heavy atom. The first-order valence-corrected chi connectivity index (χ1v) is 5.86. The summed E-state index contributed by atoms with van der Waals surface area (Å²) >= 11 is 0. The largest absolute Gasteiger partial charge is 0.338 e. The third-order valence-electron chi connectivity index (χ3n) is 2.47. The lowest BCUT2D eigenvalue weighted by Crippen LogP contribution is -2.37. The van der Waals surface area contributed by atoms with Crippen molar-refractivity contribution in [2.75, 3.05) is 18.9 Å². The molecule has 0 fully saturated rings. The van der Waals surface area contributed by atoms with E-state index in [2.05, 4.69) is 5.32 Å². The van der Waals surface area contributed by atoms with Crippen molar-refractivity contribution in [3.8, 4) is 0 Å². The van der Waals surface area contributed by atoms with Crippen LogP contribution >= 0.6 is 0 Å². The fraction of sp³-hybridized carbons (Fsp3) is 0.385. The number of halogens is 1. The molecule has 4 nitrogen and oxygen atoms in total. The molecule has 1 N–H and O–H groups in total. The summed E-state index contributed by atoms with van der Waals surface area (Å²) in [7, 11) is 1.57. The van der Waals surface area contributed by atoms with Crippen LogP contribution in [0.5, 0.6) is 0 Å². The predicted molar refractivity (Wildman–Crippen MR) is 67.6 cm³/mol. The number of nitrogens with one attached hydrogen (secondary N) is 1. The number of anilines is 1. The Labute approximate surface area is 106 Å². The van der Waals surface area contributed by atoms with Gasteiger partial charge in [0, 0.05) is 19.3 Å². The normalized spacial score (nSPS) is 9.94. The molecule has 0 aliphatic carbocycles. The molecule has 18 heavy (non-hydrogen) atoms. The monoisotopic (exact) mass is 252 g/mol. The molecule has 0 radical (unpaired) electrons. The van der Waals surface area contributed by atoms with Gasteiger partial charge in [0.25, 0.3) is 0 Å². The molecule has 1 aromatic carbocycles. The molecule has 0 saturated heterocycles. The number of benzene rings is 1. The van der Waals surface area contributed by atoms with Crippen molar-refractivity contribution in [3.05, 3.63) is 30.1 Å². The third kappa shape index (κ3) is 4.16. The van der Waals surface area contributed by atoms with Crippen LogP contribution in [0.4, 0.5) is 10.1 Å². The number of hydrogen-bond acceptors (Lipinski definition) is 2. The number of carbonyl (C=O) groups excluding carboxylic acids is 2. The van der Waals surface area contributed by atoms with Gasteiger partial charge in [0.2, 0.25) is 0 Å². The van der Waals surface area contributed by atoms with E-state index in [-0.39, 0.29) is 5.69 Å². The molecular weight excluding hydrogens is 235 g/mol. The molecule has 1 aromatic rings. The minimum absolute atomic E-state index is 0.275. The Bertz CT molecular complexity index is 435. The number of likely N-dealkylation sites (N-methyl/N-ethyl adjacent to an activating group) is 1. The molecule has 1 rings (SSSR count). The van der Waals surface area contributed by atoms with E-state index in [1.807, 2.05) is 6.92 Å². The average molecular weight is 252 g/mol. The summed E-state index contributed by atoms with van der Waals surface area (Å²) in [5.74, 6) is -1.83. The minimum atomic E-state index is -0.751. The second-order valence-corrected chi connectivity index (χ2v) is 4.04. The molecule has 0 unspecified atom stereocenters. The Morgan fingerprint density at radius 1 is 1.39 bits per heavy atom. The highest BCUT2D eigenvalue weighted by Crippen LogP contribution is 2.09. The summed E-state index contributed by atoms with van der Waals surface area (Å²) < 4.78 is 12.9. The Hall–Kier alpha value is -1.91. The first kappa shape index (κ1) is 14.2. The summed E-state index contributed by atoms with van der Waals surface area (Å²) in [5.41, 5.74) is 0.275. The van der Waals surface area contributed by atoms with Crippen LogP contribution in [-0.2, 0) is 9.59 Å². The van der Waals surface area contributed by atoms with Crippen LogP contribution in [0.15, 0.2) is 24.3 Å². The van der Waals surface area contributed by atoms with Gasteiger partial charge in [0.1, 0.15) is 5.82 Å². The summed E-state index contributed by atoms with van der Waals surface area (Å²) in [4.78, 5) is 24.6. The van der Waals surface area contributed by atoms with Crippen LogP contribution in [-0.4, -0.2) is 30.3 Å². The number of unbranched alkanes of at least 4 members (excludes halogenated alkanes) is 1. The van der Waals surface area contributed by atoms with Crippen molar-refractivity contribution in [3.63, 3.8) is 0 Å². The molecule has 0 atom stereocenters. The second kappa shape index (κ2) is 6.74. The van der Waals surface area contributed by atoms with Crippen molar-refractivity contribution in [1.82, 2.24) is 4.90 Å². The van der Waals surface area contributed by atoms with Crippen molar-refractivity contribution in [2.24, 2.45) is 0 Å². The number of carbonyl (C=O) groups is 2. The highest BCUT2D eigenvalue weighted by molar-refractivity contribution is 6.39. The van der Waals surface area contributed by atoms with Gasteiger partial charge in [-0.15, -0.1) is 0 Å². The highest BCUT2D eigenvalue weighted by Gasteiger charge is 2.18. The Kier molecular flexibility index (Phi) is 5.30. The zero-order valence-corrected chi connectivity index (χ0v) is 10.6. The second-order valence-electron chi connectivity index (χ2n) is 4.04. The lowest BCUT2D eigenvalue weighted by Gasteiger charge is -2.15. The van der Waals surface area contributed by atoms with Gasteiger partial charge >= 0.3 is 11.8 Å². The zero-order chi connectivity index (χ0) is 13.5. The van der Waals surface area contributed by atoms with E-state index in [4.69, 9.17) is 0 Å². The van der Waals surface area contributed by atoms with Gasteiger partial charge < -0.3 is 10.2 Å². The van der Waals surface area contributed by atoms with Gasteiger partial charge in [0.05, 0.1) is 0 Å². The quantitative estimate of drug-likeness (QED) is 0.833. The summed E-state index contributed by atoms with van der Waals surface area (Å²) in [6.45, 7) is 2.54.